The Kier molecular flexibility index (Phi) is 6.31. The van der Waals surface area contributed by atoms with E-state index in [9.17, 15) is 4.39 Å². The molecule has 0 heterocycles. The highest BCUT2D eigenvalue weighted by molar-refractivity contribution is 6.30. The quantitative estimate of drug-likeness (QED) is 0.709. The SMILES string of the molecule is CCCNC(c1cc(Cl)ccc1F)C1CCCCCC1. The summed E-state index contributed by atoms with van der Waals surface area (Å²) in [4.78, 5) is 0. The van der Waals surface area contributed by atoms with Crippen LogP contribution in [-0.4, -0.2) is 6.54 Å². The molecule has 0 spiro atoms. The highest BCUT2D eigenvalue weighted by Crippen LogP contribution is 2.35. The predicted molar refractivity (Wildman–Crippen MR) is 83.6 cm³/mol. The summed E-state index contributed by atoms with van der Waals surface area (Å²) in [6.07, 6.45) is 8.59. The Labute approximate surface area is 126 Å². The topological polar surface area (TPSA) is 12.0 Å². The first-order chi connectivity index (χ1) is 9.72. The molecule has 0 saturated heterocycles. The lowest BCUT2D eigenvalue weighted by Crippen LogP contribution is -2.29. The minimum absolute atomic E-state index is 0.103. The molecule has 1 aliphatic carbocycles. The molecule has 0 bridgehead atoms. The van der Waals surface area contributed by atoms with E-state index >= 15 is 0 Å². The van der Waals surface area contributed by atoms with Crippen LogP contribution in [0.3, 0.4) is 0 Å². The minimum atomic E-state index is -0.132. The summed E-state index contributed by atoms with van der Waals surface area (Å²) in [5, 5.41) is 4.18. The third-order valence-corrected chi connectivity index (χ3v) is 4.51. The standard InChI is InChI=1S/C17H25ClFN/c1-2-11-20-17(13-7-5-3-4-6-8-13)15-12-14(18)9-10-16(15)19/h9-10,12-13,17,20H,2-8,11H2,1H3. The largest absolute Gasteiger partial charge is 0.310 e. The van der Waals surface area contributed by atoms with Crippen LogP contribution >= 0.6 is 11.6 Å². The van der Waals surface area contributed by atoms with Crippen molar-refractivity contribution in [2.24, 2.45) is 5.92 Å². The van der Waals surface area contributed by atoms with Crippen LogP contribution in [0.1, 0.15) is 63.5 Å². The van der Waals surface area contributed by atoms with Crippen LogP contribution in [0.2, 0.25) is 5.02 Å². The maximum Gasteiger partial charge on any atom is 0.128 e. The van der Waals surface area contributed by atoms with Gasteiger partial charge in [-0.3, -0.25) is 0 Å². The normalized spacial score (nSPS) is 18.8. The molecule has 0 radical (unpaired) electrons. The van der Waals surface area contributed by atoms with E-state index in [2.05, 4.69) is 12.2 Å². The molecule has 1 N–H and O–H groups in total. The van der Waals surface area contributed by atoms with Crippen molar-refractivity contribution in [2.45, 2.75) is 57.9 Å². The zero-order valence-corrected chi connectivity index (χ0v) is 13.1. The molecule has 1 aliphatic rings. The van der Waals surface area contributed by atoms with Gasteiger partial charge in [-0.05, 0) is 49.9 Å². The van der Waals surface area contributed by atoms with Gasteiger partial charge in [-0.25, -0.2) is 4.39 Å². The summed E-state index contributed by atoms with van der Waals surface area (Å²) >= 11 is 6.07. The molecule has 2 rings (SSSR count). The second kappa shape index (κ2) is 7.99. The first-order valence-corrected chi connectivity index (χ1v) is 8.28. The van der Waals surface area contributed by atoms with Crippen molar-refractivity contribution in [3.8, 4) is 0 Å². The maximum atomic E-state index is 14.2. The van der Waals surface area contributed by atoms with Gasteiger partial charge in [0.15, 0.2) is 0 Å². The molecular weight excluding hydrogens is 273 g/mol. The molecule has 1 aromatic rings. The smallest absolute Gasteiger partial charge is 0.128 e. The zero-order chi connectivity index (χ0) is 14.4. The van der Waals surface area contributed by atoms with Gasteiger partial charge in [-0.2, -0.15) is 0 Å². The van der Waals surface area contributed by atoms with Gasteiger partial charge in [-0.1, -0.05) is 44.2 Å². The Morgan fingerprint density at radius 3 is 2.60 bits per heavy atom. The molecule has 1 fully saturated rings. The Morgan fingerprint density at radius 1 is 1.25 bits per heavy atom. The fourth-order valence-corrected chi connectivity index (χ4v) is 3.41. The summed E-state index contributed by atoms with van der Waals surface area (Å²) in [6.45, 7) is 3.07. The van der Waals surface area contributed by atoms with Crippen molar-refractivity contribution in [3.63, 3.8) is 0 Å². The fourth-order valence-electron chi connectivity index (χ4n) is 3.23. The second-order valence-corrected chi connectivity index (χ2v) is 6.29. The number of hydrogen-bond acceptors (Lipinski definition) is 1. The molecule has 1 atom stereocenters. The third kappa shape index (κ3) is 4.20. The van der Waals surface area contributed by atoms with Crippen LogP contribution in [0.5, 0.6) is 0 Å². The molecule has 1 aromatic carbocycles. The van der Waals surface area contributed by atoms with Crippen molar-refractivity contribution in [1.29, 1.82) is 0 Å². The van der Waals surface area contributed by atoms with Crippen molar-refractivity contribution >= 4 is 11.6 Å². The van der Waals surface area contributed by atoms with Gasteiger partial charge in [0.1, 0.15) is 5.82 Å². The molecule has 1 unspecified atom stereocenters. The highest BCUT2D eigenvalue weighted by Gasteiger charge is 2.26. The Balaban J connectivity index is 2.22. The van der Waals surface area contributed by atoms with Crippen LogP contribution in [-0.2, 0) is 0 Å². The molecular formula is C17H25ClFN. The fraction of sp³-hybridized carbons (Fsp3) is 0.647. The average Bonchev–Trinajstić information content (AvgIpc) is 2.72. The molecule has 0 aliphatic heterocycles. The van der Waals surface area contributed by atoms with Crippen LogP contribution in [0, 0.1) is 11.7 Å². The molecule has 112 valence electrons. The monoisotopic (exact) mass is 297 g/mol. The van der Waals surface area contributed by atoms with Gasteiger partial charge in [0.2, 0.25) is 0 Å². The summed E-state index contributed by atoms with van der Waals surface area (Å²) in [6, 6.07) is 5.03. The second-order valence-electron chi connectivity index (χ2n) is 5.85. The maximum absolute atomic E-state index is 14.2. The lowest BCUT2D eigenvalue weighted by atomic mass is 9.87. The van der Waals surface area contributed by atoms with Crippen molar-refractivity contribution in [3.05, 3.63) is 34.6 Å². The highest BCUT2D eigenvalue weighted by atomic mass is 35.5. The summed E-state index contributed by atoms with van der Waals surface area (Å²) in [5.41, 5.74) is 0.748. The van der Waals surface area contributed by atoms with Crippen LogP contribution < -0.4 is 5.32 Å². The zero-order valence-electron chi connectivity index (χ0n) is 12.3. The molecule has 0 aromatic heterocycles. The number of nitrogens with one attached hydrogen (secondary N) is 1. The average molecular weight is 298 g/mol. The summed E-state index contributed by atoms with van der Waals surface area (Å²) in [7, 11) is 0. The van der Waals surface area contributed by atoms with E-state index in [1.165, 1.54) is 44.6 Å². The number of rotatable bonds is 5. The van der Waals surface area contributed by atoms with E-state index in [4.69, 9.17) is 11.6 Å². The molecule has 1 saturated carbocycles. The van der Waals surface area contributed by atoms with E-state index < -0.39 is 0 Å². The van der Waals surface area contributed by atoms with E-state index in [-0.39, 0.29) is 11.9 Å². The predicted octanol–water partition coefficient (Wildman–Crippen LogP) is 5.49. The van der Waals surface area contributed by atoms with Crippen LogP contribution in [0.4, 0.5) is 4.39 Å². The van der Waals surface area contributed by atoms with E-state index in [1.807, 2.05) is 0 Å². The van der Waals surface area contributed by atoms with Crippen molar-refractivity contribution in [2.75, 3.05) is 6.54 Å². The van der Waals surface area contributed by atoms with Gasteiger partial charge in [0.05, 0.1) is 0 Å². The van der Waals surface area contributed by atoms with Gasteiger partial charge in [0.25, 0.3) is 0 Å². The van der Waals surface area contributed by atoms with Crippen molar-refractivity contribution < 1.29 is 4.39 Å². The Hall–Kier alpha value is -0.600. The molecule has 1 nitrogen and oxygen atoms in total. The van der Waals surface area contributed by atoms with Crippen molar-refractivity contribution in [1.82, 2.24) is 5.32 Å². The van der Waals surface area contributed by atoms with Gasteiger partial charge < -0.3 is 5.32 Å². The lowest BCUT2D eigenvalue weighted by Gasteiger charge is -2.28. The lowest BCUT2D eigenvalue weighted by molar-refractivity contribution is 0.318. The van der Waals surface area contributed by atoms with E-state index in [1.54, 1.807) is 12.1 Å². The first kappa shape index (κ1) is 15.8. The van der Waals surface area contributed by atoms with Crippen LogP contribution in [0.15, 0.2) is 18.2 Å². The van der Waals surface area contributed by atoms with Gasteiger partial charge in [0, 0.05) is 16.6 Å². The first-order valence-electron chi connectivity index (χ1n) is 7.90. The van der Waals surface area contributed by atoms with E-state index in [0.717, 1.165) is 18.5 Å². The summed E-state index contributed by atoms with van der Waals surface area (Å²) in [5.74, 6) is 0.393. The molecule has 3 heteroatoms. The van der Waals surface area contributed by atoms with Crippen LogP contribution in [0.25, 0.3) is 0 Å². The Bertz CT molecular complexity index is 413. The number of halogens is 2. The number of benzene rings is 1. The molecule has 0 amide bonds. The number of hydrogen-bond donors (Lipinski definition) is 1. The third-order valence-electron chi connectivity index (χ3n) is 4.28. The molecule has 20 heavy (non-hydrogen) atoms. The van der Waals surface area contributed by atoms with Gasteiger partial charge in [-0.15, -0.1) is 0 Å². The Morgan fingerprint density at radius 2 is 1.95 bits per heavy atom. The van der Waals surface area contributed by atoms with Gasteiger partial charge >= 0.3 is 0 Å². The van der Waals surface area contributed by atoms with E-state index in [0.29, 0.717) is 10.9 Å². The minimum Gasteiger partial charge on any atom is -0.310 e. The summed E-state index contributed by atoms with van der Waals surface area (Å²) < 4.78 is 14.2.